The van der Waals surface area contributed by atoms with Crippen LogP contribution in [0.1, 0.15) is 11.4 Å². The molecule has 1 N–H and O–H groups in total. The molecule has 19 heavy (non-hydrogen) atoms. The van der Waals surface area contributed by atoms with Crippen LogP contribution in [0.25, 0.3) is 11.0 Å². The number of aromatic amines is 1. The molecule has 0 unspecified atom stereocenters. The SMILES string of the molecule is Cc1ccc2nc(CN(CCCl)CCCl)[nH]c2c1.Cl. The van der Waals surface area contributed by atoms with E-state index < -0.39 is 0 Å². The standard InChI is InChI=1S/C13H17Cl2N3.ClH/c1-10-2-3-11-12(8-10)17-13(16-11)9-18(6-4-14)7-5-15;/h2-3,8H,4-7,9H2,1H3,(H,16,17);1H. The van der Waals surface area contributed by atoms with E-state index in [1.165, 1.54) is 5.56 Å². The van der Waals surface area contributed by atoms with Crippen LogP contribution in [-0.2, 0) is 6.54 Å². The molecule has 6 heteroatoms. The fourth-order valence-corrected chi connectivity index (χ4v) is 2.45. The van der Waals surface area contributed by atoms with Crippen molar-refractivity contribution in [1.82, 2.24) is 14.9 Å². The number of nitrogens with one attached hydrogen (secondary N) is 1. The summed E-state index contributed by atoms with van der Waals surface area (Å²) >= 11 is 11.6. The van der Waals surface area contributed by atoms with E-state index in [1.807, 2.05) is 6.07 Å². The molecule has 0 bridgehead atoms. The van der Waals surface area contributed by atoms with Gasteiger partial charge in [0.25, 0.3) is 0 Å². The van der Waals surface area contributed by atoms with Gasteiger partial charge in [-0.1, -0.05) is 6.07 Å². The number of imidazole rings is 1. The topological polar surface area (TPSA) is 31.9 Å². The van der Waals surface area contributed by atoms with E-state index in [4.69, 9.17) is 23.2 Å². The highest BCUT2D eigenvalue weighted by Gasteiger charge is 2.08. The van der Waals surface area contributed by atoms with E-state index in [-0.39, 0.29) is 12.4 Å². The first-order valence-electron chi connectivity index (χ1n) is 6.02. The second kappa shape index (κ2) is 7.95. The van der Waals surface area contributed by atoms with Crippen molar-refractivity contribution in [3.05, 3.63) is 29.6 Å². The second-order valence-corrected chi connectivity index (χ2v) is 5.11. The lowest BCUT2D eigenvalue weighted by atomic mass is 10.2. The molecular weight excluding hydrogens is 305 g/mol. The molecule has 0 amide bonds. The zero-order valence-electron chi connectivity index (χ0n) is 10.8. The minimum absolute atomic E-state index is 0. The van der Waals surface area contributed by atoms with Gasteiger partial charge in [0.15, 0.2) is 0 Å². The molecule has 0 atom stereocenters. The van der Waals surface area contributed by atoms with Crippen molar-refractivity contribution in [3.63, 3.8) is 0 Å². The molecular formula is C13H18Cl3N3. The molecule has 106 valence electrons. The third-order valence-electron chi connectivity index (χ3n) is 2.86. The highest BCUT2D eigenvalue weighted by molar-refractivity contribution is 6.18. The number of rotatable bonds is 6. The number of halogens is 3. The molecule has 2 rings (SSSR count). The summed E-state index contributed by atoms with van der Waals surface area (Å²) in [5.41, 5.74) is 3.32. The van der Waals surface area contributed by atoms with Crippen LogP contribution in [0.15, 0.2) is 18.2 Å². The summed E-state index contributed by atoms with van der Waals surface area (Å²) in [6, 6.07) is 6.22. The Morgan fingerprint density at radius 3 is 2.53 bits per heavy atom. The number of hydrogen-bond donors (Lipinski definition) is 1. The van der Waals surface area contributed by atoms with Crippen LogP contribution in [0.2, 0.25) is 0 Å². The quantitative estimate of drug-likeness (QED) is 0.825. The maximum atomic E-state index is 5.78. The summed E-state index contributed by atoms with van der Waals surface area (Å²) in [7, 11) is 0. The van der Waals surface area contributed by atoms with Crippen molar-refractivity contribution in [2.45, 2.75) is 13.5 Å². The zero-order chi connectivity index (χ0) is 13.0. The summed E-state index contributed by atoms with van der Waals surface area (Å²) < 4.78 is 0. The van der Waals surface area contributed by atoms with Crippen molar-refractivity contribution in [1.29, 1.82) is 0 Å². The minimum Gasteiger partial charge on any atom is -0.341 e. The highest BCUT2D eigenvalue weighted by Crippen LogP contribution is 2.14. The molecule has 2 aromatic rings. The smallest absolute Gasteiger partial charge is 0.121 e. The minimum atomic E-state index is 0. The fourth-order valence-electron chi connectivity index (χ4n) is 1.97. The van der Waals surface area contributed by atoms with Gasteiger partial charge in [-0.2, -0.15) is 0 Å². The van der Waals surface area contributed by atoms with Crippen LogP contribution in [0.3, 0.4) is 0 Å². The number of aromatic nitrogens is 2. The summed E-state index contributed by atoms with van der Waals surface area (Å²) in [5.74, 6) is 2.18. The van der Waals surface area contributed by atoms with Gasteiger partial charge in [0, 0.05) is 24.8 Å². The largest absolute Gasteiger partial charge is 0.341 e. The highest BCUT2D eigenvalue weighted by atomic mass is 35.5. The van der Waals surface area contributed by atoms with Crippen LogP contribution in [0, 0.1) is 6.92 Å². The second-order valence-electron chi connectivity index (χ2n) is 4.36. The van der Waals surface area contributed by atoms with E-state index in [0.29, 0.717) is 11.8 Å². The molecule has 0 aliphatic carbocycles. The molecule has 3 nitrogen and oxygen atoms in total. The van der Waals surface area contributed by atoms with Gasteiger partial charge in [0.1, 0.15) is 5.82 Å². The third kappa shape index (κ3) is 4.53. The zero-order valence-corrected chi connectivity index (χ0v) is 13.2. The Bertz CT molecular complexity index is 507. The maximum absolute atomic E-state index is 5.78. The Balaban J connectivity index is 0.00000180. The number of alkyl halides is 2. The Kier molecular flexibility index (Phi) is 6.94. The van der Waals surface area contributed by atoms with Crippen LogP contribution in [0.4, 0.5) is 0 Å². The number of benzene rings is 1. The average molecular weight is 323 g/mol. The molecule has 1 aromatic carbocycles. The number of nitrogens with zero attached hydrogens (tertiary/aromatic N) is 2. The Labute approximate surface area is 129 Å². The molecule has 0 aliphatic rings. The van der Waals surface area contributed by atoms with E-state index in [1.54, 1.807) is 0 Å². The van der Waals surface area contributed by atoms with Gasteiger partial charge in [-0.25, -0.2) is 4.98 Å². The summed E-state index contributed by atoms with van der Waals surface area (Å²) in [6.45, 7) is 4.48. The van der Waals surface area contributed by atoms with Gasteiger partial charge in [0.05, 0.1) is 17.6 Å². The average Bonchev–Trinajstić information content (AvgIpc) is 2.71. The third-order valence-corrected chi connectivity index (χ3v) is 3.20. The number of aryl methyl sites for hydroxylation is 1. The lowest BCUT2D eigenvalue weighted by Gasteiger charge is -2.18. The Morgan fingerprint density at radius 1 is 1.21 bits per heavy atom. The van der Waals surface area contributed by atoms with Gasteiger partial charge >= 0.3 is 0 Å². The lowest BCUT2D eigenvalue weighted by molar-refractivity contribution is 0.293. The van der Waals surface area contributed by atoms with Crippen LogP contribution in [0.5, 0.6) is 0 Å². The van der Waals surface area contributed by atoms with Gasteiger partial charge in [-0.15, -0.1) is 35.6 Å². The molecule has 0 spiro atoms. The van der Waals surface area contributed by atoms with Crippen molar-refractivity contribution >= 4 is 46.6 Å². The Morgan fingerprint density at radius 2 is 1.89 bits per heavy atom. The van der Waals surface area contributed by atoms with Crippen LogP contribution >= 0.6 is 35.6 Å². The first kappa shape index (κ1) is 16.6. The van der Waals surface area contributed by atoms with E-state index >= 15 is 0 Å². The molecule has 0 fully saturated rings. The van der Waals surface area contributed by atoms with E-state index in [9.17, 15) is 0 Å². The summed E-state index contributed by atoms with van der Waals surface area (Å²) in [4.78, 5) is 10.1. The summed E-state index contributed by atoms with van der Waals surface area (Å²) in [6.07, 6.45) is 0. The van der Waals surface area contributed by atoms with Gasteiger partial charge in [-0.05, 0) is 24.6 Å². The van der Waals surface area contributed by atoms with Gasteiger partial charge in [0.2, 0.25) is 0 Å². The van der Waals surface area contributed by atoms with E-state index in [0.717, 1.165) is 36.5 Å². The molecule has 0 saturated carbocycles. The molecule has 0 radical (unpaired) electrons. The fraction of sp³-hybridized carbons (Fsp3) is 0.462. The molecule has 0 aliphatic heterocycles. The van der Waals surface area contributed by atoms with Crippen molar-refractivity contribution < 1.29 is 0 Å². The van der Waals surface area contributed by atoms with Crippen LogP contribution < -0.4 is 0 Å². The first-order chi connectivity index (χ1) is 8.72. The number of fused-ring (bicyclic) bond motifs is 1. The van der Waals surface area contributed by atoms with Crippen molar-refractivity contribution in [2.24, 2.45) is 0 Å². The molecule has 1 aromatic heterocycles. The lowest BCUT2D eigenvalue weighted by Crippen LogP contribution is -2.27. The Hall–Kier alpha value is -0.480. The van der Waals surface area contributed by atoms with Crippen molar-refractivity contribution in [2.75, 3.05) is 24.8 Å². The van der Waals surface area contributed by atoms with Crippen molar-refractivity contribution in [3.8, 4) is 0 Å². The van der Waals surface area contributed by atoms with Crippen LogP contribution in [-0.4, -0.2) is 39.7 Å². The predicted octanol–water partition coefficient (Wildman–Crippen LogP) is 3.57. The molecule has 1 heterocycles. The van der Waals surface area contributed by atoms with Gasteiger partial charge < -0.3 is 4.98 Å². The van der Waals surface area contributed by atoms with Gasteiger partial charge in [-0.3, -0.25) is 4.90 Å². The number of hydrogen-bond acceptors (Lipinski definition) is 2. The first-order valence-corrected chi connectivity index (χ1v) is 7.09. The molecule has 0 saturated heterocycles. The van der Waals surface area contributed by atoms with E-state index in [2.05, 4.69) is 33.9 Å². The predicted molar refractivity (Wildman–Crippen MR) is 84.8 cm³/mol. The normalized spacial score (nSPS) is 10.9. The maximum Gasteiger partial charge on any atom is 0.121 e. The monoisotopic (exact) mass is 321 g/mol. The summed E-state index contributed by atoms with van der Waals surface area (Å²) in [5, 5.41) is 0. The number of H-pyrrole nitrogens is 1.